The van der Waals surface area contributed by atoms with Crippen LogP contribution in [0, 0.1) is 0 Å². The Kier molecular flexibility index (Phi) is 7.30. The van der Waals surface area contributed by atoms with Gasteiger partial charge >= 0.3 is 5.97 Å². The molecule has 0 spiro atoms. The Morgan fingerprint density at radius 2 is 1.90 bits per heavy atom. The van der Waals surface area contributed by atoms with E-state index in [1.807, 2.05) is 31.2 Å². The Hall–Kier alpha value is -3.33. The number of esters is 1. The number of hydrogen-bond acceptors (Lipinski definition) is 6. The minimum absolute atomic E-state index is 0.0451. The molecular formula is C22H22BrN3O5. The minimum atomic E-state index is -0.625. The van der Waals surface area contributed by atoms with Gasteiger partial charge in [-0.1, -0.05) is 12.1 Å². The lowest BCUT2D eigenvalue weighted by Gasteiger charge is -2.13. The van der Waals surface area contributed by atoms with Gasteiger partial charge in [-0.05, 0) is 53.2 Å². The van der Waals surface area contributed by atoms with Crippen molar-refractivity contribution in [2.45, 2.75) is 20.1 Å². The number of hydrogen-bond donors (Lipinski definition) is 1. The monoisotopic (exact) mass is 487 g/mol. The topological polar surface area (TPSA) is 91.7 Å². The van der Waals surface area contributed by atoms with E-state index in [0.717, 1.165) is 4.47 Å². The quantitative estimate of drug-likeness (QED) is 0.476. The SMILES string of the molecule is CCn1cc(NC(=O)c2ccc(OC)c(COc3ccccc3Br)c2)c(C(=O)OC)n1. The van der Waals surface area contributed by atoms with Crippen molar-refractivity contribution < 1.29 is 23.8 Å². The predicted octanol–water partition coefficient (Wildman–Crippen LogP) is 4.29. The van der Waals surface area contributed by atoms with Crippen LogP contribution in [0.25, 0.3) is 0 Å². The van der Waals surface area contributed by atoms with Gasteiger partial charge in [0, 0.05) is 23.9 Å². The highest BCUT2D eigenvalue weighted by Crippen LogP contribution is 2.27. The molecule has 0 fully saturated rings. The Balaban J connectivity index is 1.82. The number of aryl methyl sites for hydroxylation is 1. The molecule has 2 aromatic carbocycles. The largest absolute Gasteiger partial charge is 0.496 e. The predicted molar refractivity (Wildman–Crippen MR) is 119 cm³/mol. The Labute approximate surface area is 188 Å². The second-order valence-corrected chi connectivity index (χ2v) is 7.29. The molecule has 0 unspecified atom stereocenters. The number of rotatable bonds is 8. The molecule has 1 amide bonds. The maximum absolute atomic E-state index is 12.9. The molecule has 0 aliphatic carbocycles. The first-order chi connectivity index (χ1) is 15.0. The molecule has 3 aromatic rings. The minimum Gasteiger partial charge on any atom is -0.496 e. The van der Waals surface area contributed by atoms with Crippen molar-refractivity contribution in [2.24, 2.45) is 0 Å². The number of methoxy groups -OCH3 is 2. The van der Waals surface area contributed by atoms with Crippen molar-refractivity contribution in [3.05, 3.63) is 70.0 Å². The molecule has 1 N–H and O–H groups in total. The summed E-state index contributed by atoms with van der Waals surface area (Å²) >= 11 is 3.45. The zero-order valence-corrected chi connectivity index (χ0v) is 18.9. The van der Waals surface area contributed by atoms with Gasteiger partial charge in [0.05, 0.1) is 24.4 Å². The highest BCUT2D eigenvalue weighted by Gasteiger charge is 2.20. The summed E-state index contributed by atoms with van der Waals surface area (Å²) in [7, 11) is 2.82. The molecule has 3 rings (SSSR count). The smallest absolute Gasteiger partial charge is 0.360 e. The van der Waals surface area contributed by atoms with E-state index in [1.165, 1.54) is 7.11 Å². The number of para-hydroxylation sites is 1. The first kappa shape index (κ1) is 22.4. The highest BCUT2D eigenvalue weighted by atomic mass is 79.9. The highest BCUT2D eigenvalue weighted by molar-refractivity contribution is 9.10. The Bertz CT molecular complexity index is 1100. The number of benzene rings is 2. The number of carbonyl (C=O) groups excluding carboxylic acids is 2. The van der Waals surface area contributed by atoms with Crippen molar-refractivity contribution in [1.29, 1.82) is 0 Å². The third-order valence-electron chi connectivity index (χ3n) is 4.48. The third-order valence-corrected chi connectivity index (χ3v) is 5.13. The van der Waals surface area contributed by atoms with Gasteiger partial charge < -0.3 is 19.5 Å². The number of aromatic nitrogens is 2. The van der Waals surface area contributed by atoms with Crippen LogP contribution in [0.1, 0.15) is 33.3 Å². The maximum atomic E-state index is 12.9. The van der Waals surface area contributed by atoms with Crippen LogP contribution in [0.15, 0.2) is 53.1 Å². The van der Waals surface area contributed by atoms with Gasteiger partial charge in [-0.2, -0.15) is 5.10 Å². The second-order valence-electron chi connectivity index (χ2n) is 6.44. The summed E-state index contributed by atoms with van der Waals surface area (Å²) < 4.78 is 18.4. The first-order valence-corrected chi connectivity index (χ1v) is 10.3. The van der Waals surface area contributed by atoms with E-state index in [2.05, 4.69) is 26.3 Å². The van der Waals surface area contributed by atoms with Gasteiger partial charge in [0.1, 0.15) is 18.1 Å². The van der Waals surface area contributed by atoms with Crippen LogP contribution in [0.5, 0.6) is 11.5 Å². The fraction of sp³-hybridized carbons (Fsp3) is 0.227. The lowest BCUT2D eigenvalue weighted by molar-refractivity contribution is 0.0594. The summed E-state index contributed by atoms with van der Waals surface area (Å²) in [6, 6.07) is 12.5. The molecule has 9 heteroatoms. The van der Waals surface area contributed by atoms with E-state index in [9.17, 15) is 9.59 Å². The van der Waals surface area contributed by atoms with E-state index >= 15 is 0 Å². The summed E-state index contributed by atoms with van der Waals surface area (Å²) in [6.07, 6.45) is 1.59. The summed E-state index contributed by atoms with van der Waals surface area (Å²) in [5, 5.41) is 6.88. The van der Waals surface area contributed by atoms with Gasteiger partial charge in [0.15, 0.2) is 5.69 Å². The number of amides is 1. The zero-order valence-electron chi connectivity index (χ0n) is 17.3. The number of ether oxygens (including phenoxy) is 3. The van der Waals surface area contributed by atoms with Crippen LogP contribution in [0.4, 0.5) is 5.69 Å². The van der Waals surface area contributed by atoms with Crippen LogP contribution in [-0.2, 0) is 17.9 Å². The summed E-state index contributed by atoms with van der Waals surface area (Å²) in [5.41, 5.74) is 1.40. The Morgan fingerprint density at radius 3 is 2.58 bits per heavy atom. The summed E-state index contributed by atoms with van der Waals surface area (Å²) in [4.78, 5) is 24.8. The maximum Gasteiger partial charge on any atom is 0.360 e. The lowest BCUT2D eigenvalue weighted by Crippen LogP contribution is -2.15. The molecule has 0 aliphatic heterocycles. The first-order valence-electron chi connectivity index (χ1n) is 9.48. The number of nitrogens with one attached hydrogen (secondary N) is 1. The molecule has 0 bridgehead atoms. The summed E-state index contributed by atoms with van der Waals surface area (Å²) in [5.74, 6) is 0.247. The average Bonchev–Trinajstić information content (AvgIpc) is 3.20. The van der Waals surface area contributed by atoms with Crippen molar-refractivity contribution in [1.82, 2.24) is 9.78 Å². The molecule has 1 heterocycles. The van der Waals surface area contributed by atoms with Crippen LogP contribution >= 0.6 is 15.9 Å². The van der Waals surface area contributed by atoms with E-state index in [-0.39, 0.29) is 18.0 Å². The molecule has 0 aliphatic rings. The van der Waals surface area contributed by atoms with Crippen molar-refractivity contribution in [3.8, 4) is 11.5 Å². The number of halogens is 1. The van der Waals surface area contributed by atoms with Crippen LogP contribution in [-0.4, -0.2) is 35.9 Å². The van der Waals surface area contributed by atoms with Crippen molar-refractivity contribution >= 4 is 33.5 Å². The zero-order chi connectivity index (χ0) is 22.4. The number of nitrogens with zero attached hydrogens (tertiary/aromatic N) is 2. The van der Waals surface area contributed by atoms with Crippen molar-refractivity contribution in [2.75, 3.05) is 19.5 Å². The molecule has 162 valence electrons. The molecular weight excluding hydrogens is 466 g/mol. The van der Waals surface area contributed by atoms with Gasteiger partial charge in [-0.25, -0.2) is 4.79 Å². The molecule has 0 atom stereocenters. The van der Waals surface area contributed by atoms with Crippen LogP contribution in [0.3, 0.4) is 0 Å². The van der Waals surface area contributed by atoms with Gasteiger partial charge in [-0.3, -0.25) is 9.48 Å². The van der Waals surface area contributed by atoms with E-state index in [0.29, 0.717) is 29.2 Å². The fourth-order valence-corrected chi connectivity index (χ4v) is 3.27. The lowest BCUT2D eigenvalue weighted by atomic mass is 10.1. The normalized spacial score (nSPS) is 10.5. The van der Waals surface area contributed by atoms with Gasteiger partial charge in [0.25, 0.3) is 5.91 Å². The summed E-state index contributed by atoms with van der Waals surface area (Å²) in [6.45, 7) is 2.62. The third kappa shape index (κ3) is 5.24. The van der Waals surface area contributed by atoms with E-state index in [4.69, 9.17) is 14.2 Å². The van der Waals surface area contributed by atoms with Crippen LogP contribution < -0.4 is 14.8 Å². The standard InChI is InChI=1S/C22H22BrN3O5/c1-4-26-12-17(20(25-26)22(28)30-3)24-21(27)14-9-10-18(29-2)15(11-14)13-31-19-8-6-5-7-16(19)23/h5-12H,4,13H2,1-3H3,(H,24,27). The molecule has 31 heavy (non-hydrogen) atoms. The molecule has 1 aromatic heterocycles. The van der Waals surface area contributed by atoms with E-state index in [1.54, 1.807) is 36.2 Å². The van der Waals surface area contributed by atoms with Crippen molar-refractivity contribution in [3.63, 3.8) is 0 Å². The average molecular weight is 488 g/mol. The molecule has 0 saturated heterocycles. The molecule has 8 nitrogen and oxygen atoms in total. The number of anilines is 1. The van der Waals surface area contributed by atoms with Gasteiger partial charge in [0.2, 0.25) is 0 Å². The van der Waals surface area contributed by atoms with Crippen LogP contribution in [0.2, 0.25) is 0 Å². The fourth-order valence-electron chi connectivity index (χ4n) is 2.87. The number of carbonyl (C=O) groups is 2. The van der Waals surface area contributed by atoms with Gasteiger partial charge in [-0.15, -0.1) is 0 Å². The molecule has 0 radical (unpaired) electrons. The Morgan fingerprint density at radius 1 is 1.13 bits per heavy atom. The molecule has 0 saturated carbocycles. The van der Waals surface area contributed by atoms with E-state index < -0.39 is 11.9 Å². The second kappa shape index (κ2) is 10.1.